The number of rotatable bonds is 3. The molecule has 0 aromatic heterocycles. The lowest BCUT2D eigenvalue weighted by Gasteiger charge is -1.88. The van der Waals surface area contributed by atoms with Crippen LogP contribution in [0.5, 0.6) is 0 Å². The molecule has 0 nitrogen and oxygen atoms in total. The first-order chi connectivity index (χ1) is 5.43. The van der Waals surface area contributed by atoms with Crippen LogP contribution in [0.15, 0.2) is 36.4 Å². The van der Waals surface area contributed by atoms with E-state index >= 15 is 0 Å². The Labute approximate surface area is 68.6 Å². The lowest BCUT2D eigenvalue weighted by atomic mass is 10.2. The second-order valence-corrected chi connectivity index (χ2v) is 2.50. The monoisotopic (exact) mass is 145 g/mol. The van der Waals surface area contributed by atoms with Gasteiger partial charge in [0.15, 0.2) is 0 Å². The van der Waals surface area contributed by atoms with E-state index in [2.05, 4.69) is 31.2 Å². The molecule has 57 valence electrons. The first kappa shape index (κ1) is 8.06. The molecular weight excluding hydrogens is 132 g/mol. The maximum Gasteiger partial charge on any atom is -0.0149 e. The summed E-state index contributed by atoms with van der Waals surface area (Å²) in [6.45, 7) is 2.17. The summed E-state index contributed by atoms with van der Waals surface area (Å²) in [6, 6.07) is 10.2. The first-order valence-corrected chi connectivity index (χ1v) is 4.06. The second kappa shape index (κ2) is 4.73. The summed E-state index contributed by atoms with van der Waals surface area (Å²) < 4.78 is 0. The number of unbranched alkanes of at least 4 members (excludes halogenated alkanes) is 1. The molecule has 1 aromatic carbocycles. The predicted octanol–water partition coefficient (Wildman–Crippen LogP) is 3.19. The summed E-state index contributed by atoms with van der Waals surface area (Å²) in [5.74, 6) is 0. The van der Waals surface area contributed by atoms with E-state index in [0.717, 1.165) is 6.42 Å². The van der Waals surface area contributed by atoms with E-state index in [1.54, 1.807) is 0 Å². The lowest BCUT2D eigenvalue weighted by Crippen LogP contribution is -1.70. The van der Waals surface area contributed by atoms with E-state index in [1.807, 2.05) is 18.2 Å². The summed E-state index contributed by atoms with van der Waals surface area (Å²) >= 11 is 0. The molecule has 0 aliphatic rings. The summed E-state index contributed by atoms with van der Waals surface area (Å²) in [6.07, 6.45) is 7.63. The van der Waals surface area contributed by atoms with Crippen LogP contribution in [0.1, 0.15) is 25.3 Å². The molecular formula is C11H13. The van der Waals surface area contributed by atoms with Crippen molar-refractivity contribution in [2.24, 2.45) is 0 Å². The largest absolute Gasteiger partial charge is 0.0761 e. The van der Waals surface area contributed by atoms with E-state index in [-0.39, 0.29) is 0 Å². The van der Waals surface area contributed by atoms with Crippen molar-refractivity contribution >= 4 is 0 Å². The van der Waals surface area contributed by atoms with Gasteiger partial charge in [-0.1, -0.05) is 49.8 Å². The Hall–Kier alpha value is -1.04. The van der Waals surface area contributed by atoms with Gasteiger partial charge in [0, 0.05) is 0 Å². The van der Waals surface area contributed by atoms with Crippen LogP contribution in [0.2, 0.25) is 0 Å². The fraction of sp³-hybridized carbons (Fsp3) is 0.273. The zero-order chi connectivity index (χ0) is 7.94. The molecule has 1 aromatic rings. The topological polar surface area (TPSA) is 0 Å². The fourth-order valence-corrected chi connectivity index (χ4v) is 0.869. The van der Waals surface area contributed by atoms with Crippen LogP contribution in [-0.2, 0) is 0 Å². The van der Waals surface area contributed by atoms with Gasteiger partial charge in [-0.3, -0.25) is 0 Å². The zero-order valence-electron chi connectivity index (χ0n) is 6.88. The maximum absolute atomic E-state index is 3.22. The van der Waals surface area contributed by atoms with Crippen LogP contribution in [0.25, 0.3) is 0 Å². The Morgan fingerprint density at radius 3 is 2.64 bits per heavy atom. The number of hydrogen-bond donors (Lipinski definition) is 0. The molecule has 0 saturated heterocycles. The van der Waals surface area contributed by atoms with Gasteiger partial charge in [-0.05, 0) is 18.1 Å². The maximum atomic E-state index is 3.22. The molecule has 0 spiro atoms. The minimum atomic E-state index is 1.12. The molecule has 0 fully saturated rings. The third-order valence-electron chi connectivity index (χ3n) is 1.48. The Balaban J connectivity index is 2.50. The molecule has 0 amide bonds. The Morgan fingerprint density at radius 2 is 2.00 bits per heavy atom. The molecule has 0 heterocycles. The minimum absolute atomic E-state index is 1.12. The predicted molar refractivity (Wildman–Crippen MR) is 48.3 cm³/mol. The third kappa shape index (κ3) is 3.03. The highest BCUT2D eigenvalue weighted by molar-refractivity contribution is 5.21. The van der Waals surface area contributed by atoms with Gasteiger partial charge < -0.3 is 0 Å². The van der Waals surface area contributed by atoms with Crippen LogP contribution in [0.4, 0.5) is 0 Å². The molecule has 0 bridgehead atoms. The van der Waals surface area contributed by atoms with Crippen molar-refractivity contribution in [1.29, 1.82) is 0 Å². The quantitative estimate of drug-likeness (QED) is 0.612. The SMILES string of the molecule is CCC/C=[C]\c1ccccc1. The number of allylic oxidation sites excluding steroid dienone is 1. The van der Waals surface area contributed by atoms with E-state index in [0.29, 0.717) is 0 Å². The average molecular weight is 145 g/mol. The number of benzene rings is 1. The van der Waals surface area contributed by atoms with Gasteiger partial charge in [0.05, 0.1) is 0 Å². The summed E-state index contributed by atoms with van der Waals surface area (Å²) in [4.78, 5) is 0. The molecule has 0 aliphatic carbocycles. The Bertz CT molecular complexity index is 209. The smallest absolute Gasteiger partial charge is 0.0149 e. The first-order valence-electron chi connectivity index (χ1n) is 4.06. The average Bonchev–Trinajstić information content (AvgIpc) is 2.07. The Morgan fingerprint density at radius 1 is 1.27 bits per heavy atom. The molecule has 0 N–H and O–H groups in total. The zero-order valence-corrected chi connectivity index (χ0v) is 6.88. The molecule has 0 heteroatoms. The third-order valence-corrected chi connectivity index (χ3v) is 1.48. The molecule has 0 unspecified atom stereocenters. The van der Waals surface area contributed by atoms with Crippen molar-refractivity contribution in [2.75, 3.05) is 0 Å². The van der Waals surface area contributed by atoms with Crippen molar-refractivity contribution in [3.63, 3.8) is 0 Å². The molecule has 0 saturated carbocycles. The summed E-state index contributed by atoms with van der Waals surface area (Å²) in [7, 11) is 0. The second-order valence-electron chi connectivity index (χ2n) is 2.50. The molecule has 0 atom stereocenters. The van der Waals surface area contributed by atoms with Crippen LogP contribution in [0, 0.1) is 6.08 Å². The minimum Gasteiger partial charge on any atom is -0.0761 e. The van der Waals surface area contributed by atoms with Gasteiger partial charge in [-0.25, -0.2) is 0 Å². The highest BCUT2D eigenvalue weighted by Gasteiger charge is 1.81. The van der Waals surface area contributed by atoms with Crippen LogP contribution in [0.3, 0.4) is 0 Å². The van der Waals surface area contributed by atoms with Gasteiger partial charge in [-0.2, -0.15) is 0 Å². The van der Waals surface area contributed by atoms with Crippen molar-refractivity contribution < 1.29 is 0 Å². The van der Waals surface area contributed by atoms with Crippen molar-refractivity contribution in [3.8, 4) is 0 Å². The van der Waals surface area contributed by atoms with Gasteiger partial charge in [0.1, 0.15) is 0 Å². The van der Waals surface area contributed by atoms with Crippen LogP contribution < -0.4 is 0 Å². The lowest BCUT2D eigenvalue weighted by molar-refractivity contribution is 0.956. The van der Waals surface area contributed by atoms with Gasteiger partial charge in [0.2, 0.25) is 0 Å². The van der Waals surface area contributed by atoms with Crippen molar-refractivity contribution in [2.45, 2.75) is 19.8 Å². The van der Waals surface area contributed by atoms with E-state index in [1.165, 1.54) is 12.0 Å². The normalized spacial score (nSPS) is 10.6. The highest BCUT2D eigenvalue weighted by atomic mass is 13.9. The number of hydrogen-bond acceptors (Lipinski definition) is 0. The Kier molecular flexibility index (Phi) is 3.46. The van der Waals surface area contributed by atoms with Gasteiger partial charge >= 0.3 is 0 Å². The fourth-order valence-electron chi connectivity index (χ4n) is 0.869. The van der Waals surface area contributed by atoms with Crippen LogP contribution >= 0.6 is 0 Å². The van der Waals surface area contributed by atoms with Crippen LogP contribution in [-0.4, -0.2) is 0 Å². The van der Waals surface area contributed by atoms with E-state index < -0.39 is 0 Å². The van der Waals surface area contributed by atoms with Gasteiger partial charge in [-0.15, -0.1) is 0 Å². The highest BCUT2D eigenvalue weighted by Crippen LogP contribution is 1.99. The van der Waals surface area contributed by atoms with Gasteiger partial charge in [0.25, 0.3) is 0 Å². The van der Waals surface area contributed by atoms with E-state index in [4.69, 9.17) is 0 Å². The molecule has 1 rings (SSSR count). The molecule has 11 heavy (non-hydrogen) atoms. The summed E-state index contributed by atoms with van der Waals surface area (Å²) in [5, 5.41) is 0. The summed E-state index contributed by atoms with van der Waals surface area (Å²) in [5.41, 5.74) is 1.17. The van der Waals surface area contributed by atoms with Crippen molar-refractivity contribution in [3.05, 3.63) is 48.0 Å². The molecule has 0 aliphatic heterocycles. The molecule has 1 radical (unpaired) electrons. The van der Waals surface area contributed by atoms with Crippen molar-refractivity contribution in [1.82, 2.24) is 0 Å². The van der Waals surface area contributed by atoms with E-state index in [9.17, 15) is 0 Å². The standard InChI is InChI=1S/C11H13/c1-2-3-5-8-11-9-6-4-7-10-11/h4-7,9-10H,2-3H2,1H3.